The minimum absolute atomic E-state index is 0.143. The Labute approximate surface area is 194 Å². The van der Waals surface area contributed by atoms with Gasteiger partial charge in [-0.25, -0.2) is 14.0 Å². The minimum atomic E-state index is -4.45. The third kappa shape index (κ3) is 5.86. The van der Waals surface area contributed by atoms with E-state index in [0.717, 1.165) is 23.3 Å². The number of carbonyl (C=O) groups is 1. The minimum Gasteiger partial charge on any atom is -0.487 e. The molecular formula is C24H26F3N3O4. The van der Waals surface area contributed by atoms with Crippen LogP contribution in [0.25, 0.3) is 5.69 Å². The number of hydrogen-bond donors (Lipinski definition) is 0. The zero-order valence-electron chi connectivity index (χ0n) is 19.3. The van der Waals surface area contributed by atoms with Crippen molar-refractivity contribution in [2.24, 2.45) is 0 Å². The molecule has 3 aromatic rings. The third-order valence-electron chi connectivity index (χ3n) is 5.12. The quantitative estimate of drug-likeness (QED) is 0.449. The SMILES string of the molecule is CCC(=O)OCC(C)Oc1ccc(Cn2nc(C)n(-c3ccc(C(F)(F)F)cc3)c2=O)cc1C. The number of rotatable bonds is 8. The summed E-state index contributed by atoms with van der Waals surface area (Å²) in [6.07, 6.45) is -4.48. The van der Waals surface area contributed by atoms with E-state index in [4.69, 9.17) is 9.47 Å². The van der Waals surface area contributed by atoms with E-state index in [-0.39, 0.29) is 25.2 Å². The van der Waals surface area contributed by atoms with Crippen LogP contribution in [0, 0.1) is 13.8 Å². The van der Waals surface area contributed by atoms with Gasteiger partial charge in [-0.05, 0) is 62.2 Å². The van der Waals surface area contributed by atoms with Crippen LogP contribution in [0.2, 0.25) is 0 Å². The van der Waals surface area contributed by atoms with Crippen molar-refractivity contribution in [3.8, 4) is 11.4 Å². The summed E-state index contributed by atoms with van der Waals surface area (Å²) in [5.74, 6) is 0.693. The molecule has 0 saturated carbocycles. The first kappa shape index (κ1) is 25.1. The van der Waals surface area contributed by atoms with Crippen molar-refractivity contribution in [3.05, 3.63) is 75.5 Å². The molecule has 0 amide bonds. The lowest BCUT2D eigenvalue weighted by Crippen LogP contribution is -2.25. The number of benzene rings is 2. The van der Waals surface area contributed by atoms with Gasteiger partial charge in [-0.2, -0.15) is 18.3 Å². The Morgan fingerprint density at radius 1 is 1.12 bits per heavy atom. The lowest BCUT2D eigenvalue weighted by atomic mass is 10.1. The Bertz CT molecular complexity index is 1210. The number of aryl methyl sites for hydroxylation is 2. The van der Waals surface area contributed by atoms with Crippen molar-refractivity contribution in [3.63, 3.8) is 0 Å². The highest BCUT2D eigenvalue weighted by atomic mass is 19.4. The molecule has 1 heterocycles. The Morgan fingerprint density at radius 3 is 2.38 bits per heavy atom. The van der Waals surface area contributed by atoms with Crippen LogP contribution in [0.15, 0.2) is 47.3 Å². The summed E-state index contributed by atoms with van der Waals surface area (Å²) >= 11 is 0. The first-order valence-corrected chi connectivity index (χ1v) is 10.8. The highest BCUT2D eigenvalue weighted by Crippen LogP contribution is 2.29. The van der Waals surface area contributed by atoms with Crippen LogP contribution in [-0.2, 0) is 22.3 Å². The van der Waals surface area contributed by atoms with Crippen molar-refractivity contribution in [1.82, 2.24) is 14.3 Å². The van der Waals surface area contributed by atoms with Crippen LogP contribution in [0.3, 0.4) is 0 Å². The monoisotopic (exact) mass is 477 g/mol. The normalized spacial score (nSPS) is 12.4. The maximum absolute atomic E-state index is 12.9. The maximum Gasteiger partial charge on any atom is 0.416 e. The summed E-state index contributed by atoms with van der Waals surface area (Å²) < 4.78 is 51.9. The molecule has 1 aromatic heterocycles. The Kier molecular flexibility index (Phi) is 7.48. The van der Waals surface area contributed by atoms with Crippen LogP contribution < -0.4 is 10.4 Å². The summed E-state index contributed by atoms with van der Waals surface area (Å²) in [7, 11) is 0. The maximum atomic E-state index is 12.9. The van der Waals surface area contributed by atoms with Crippen molar-refractivity contribution in [1.29, 1.82) is 0 Å². The van der Waals surface area contributed by atoms with Gasteiger partial charge in [-0.15, -0.1) is 0 Å². The van der Waals surface area contributed by atoms with Gasteiger partial charge in [0, 0.05) is 6.42 Å². The zero-order valence-corrected chi connectivity index (χ0v) is 19.3. The van der Waals surface area contributed by atoms with E-state index >= 15 is 0 Å². The van der Waals surface area contributed by atoms with Gasteiger partial charge in [0.05, 0.1) is 17.8 Å². The van der Waals surface area contributed by atoms with Crippen LogP contribution >= 0.6 is 0 Å². The van der Waals surface area contributed by atoms with Crippen LogP contribution in [0.1, 0.15) is 42.8 Å². The van der Waals surface area contributed by atoms with Crippen LogP contribution in [0.4, 0.5) is 13.2 Å². The van der Waals surface area contributed by atoms with Crippen molar-refractivity contribution in [2.45, 2.75) is 52.9 Å². The fourth-order valence-electron chi connectivity index (χ4n) is 3.39. The van der Waals surface area contributed by atoms with Gasteiger partial charge in [0.2, 0.25) is 0 Å². The molecule has 1 unspecified atom stereocenters. The molecule has 0 saturated heterocycles. The molecule has 0 N–H and O–H groups in total. The fourth-order valence-corrected chi connectivity index (χ4v) is 3.39. The average molecular weight is 477 g/mol. The lowest BCUT2D eigenvalue weighted by molar-refractivity contribution is -0.145. The van der Waals surface area contributed by atoms with Crippen LogP contribution in [0.5, 0.6) is 5.75 Å². The highest BCUT2D eigenvalue weighted by molar-refractivity contribution is 5.68. The molecule has 0 fully saturated rings. The van der Waals surface area contributed by atoms with E-state index in [2.05, 4.69) is 5.10 Å². The number of aromatic nitrogens is 3. The summed E-state index contributed by atoms with van der Waals surface area (Å²) in [6, 6.07) is 9.80. The van der Waals surface area contributed by atoms with Crippen LogP contribution in [-0.4, -0.2) is 33.0 Å². The molecule has 182 valence electrons. The first-order chi connectivity index (χ1) is 16.0. The number of alkyl halides is 3. The first-order valence-electron chi connectivity index (χ1n) is 10.8. The fraction of sp³-hybridized carbons (Fsp3) is 0.375. The van der Waals surface area contributed by atoms with E-state index in [1.807, 2.05) is 13.0 Å². The molecule has 34 heavy (non-hydrogen) atoms. The third-order valence-corrected chi connectivity index (χ3v) is 5.12. The molecule has 0 aliphatic heterocycles. The van der Waals surface area contributed by atoms with E-state index in [1.54, 1.807) is 32.9 Å². The number of halogens is 3. The van der Waals surface area contributed by atoms with Gasteiger partial charge in [-0.3, -0.25) is 4.79 Å². The Hall–Kier alpha value is -3.56. The summed E-state index contributed by atoms with van der Waals surface area (Å²) in [5.41, 5.74) is 0.693. The molecule has 10 heteroatoms. The molecule has 0 radical (unpaired) electrons. The standard InChI is InChI=1S/C24H26F3N3O4/c1-5-22(31)33-14-16(3)34-21-11-6-18(12-15(21)2)13-29-23(32)30(17(4)28-29)20-9-7-19(8-10-20)24(25,26)27/h6-12,16H,5,13-14H2,1-4H3. The average Bonchev–Trinajstić information content (AvgIpc) is 3.06. The van der Waals surface area contributed by atoms with Gasteiger partial charge < -0.3 is 9.47 Å². The Balaban J connectivity index is 1.75. The molecule has 7 nitrogen and oxygen atoms in total. The van der Waals surface area contributed by atoms with Gasteiger partial charge >= 0.3 is 17.8 Å². The summed E-state index contributed by atoms with van der Waals surface area (Å²) in [6.45, 7) is 7.31. The molecule has 0 aliphatic carbocycles. The van der Waals surface area contributed by atoms with Gasteiger partial charge in [0.1, 0.15) is 24.3 Å². The second kappa shape index (κ2) is 10.1. The molecule has 2 aromatic carbocycles. The second-order valence-corrected chi connectivity index (χ2v) is 7.93. The number of hydrogen-bond acceptors (Lipinski definition) is 5. The molecule has 0 aliphatic rings. The highest BCUT2D eigenvalue weighted by Gasteiger charge is 2.30. The second-order valence-electron chi connectivity index (χ2n) is 7.93. The number of nitrogens with zero attached hydrogens (tertiary/aromatic N) is 3. The summed E-state index contributed by atoms with van der Waals surface area (Å²) in [4.78, 5) is 24.2. The van der Waals surface area contributed by atoms with E-state index in [9.17, 15) is 22.8 Å². The largest absolute Gasteiger partial charge is 0.487 e. The topological polar surface area (TPSA) is 75.3 Å². The van der Waals surface area contributed by atoms with Gasteiger partial charge in [0.15, 0.2) is 0 Å². The molecular weight excluding hydrogens is 451 g/mol. The Morgan fingerprint density at radius 2 is 1.79 bits per heavy atom. The van der Waals surface area contributed by atoms with Gasteiger partial charge in [-0.1, -0.05) is 19.1 Å². The van der Waals surface area contributed by atoms with Crippen molar-refractivity contribution >= 4 is 5.97 Å². The van der Waals surface area contributed by atoms with Gasteiger partial charge in [0.25, 0.3) is 0 Å². The smallest absolute Gasteiger partial charge is 0.416 e. The lowest BCUT2D eigenvalue weighted by Gasteiger charge is -2.17. The van der Waals surface area contributed by atoms with E-state index < -0.39 is 17.4 Å². The molecule has 3 rings (SSSR count). The van der Waals surface area contributed by atoms with E-state index in [1.165, 1.54) is 21.4 Å². The molecule has 1 atom stereocenters. The summed E-state index contributed by atoms with van der Waals surface area (Å²) in [5, 5.41) is 4.27. The van der Waals surface area contributed by atoms with Crippen molar-refractivity contribution in [2.75, 3.05) is 6.61 Å². The molecule has 0 spiro atoms. The number of esters is 1. The zero-order chi connectivity index (χ0) is 25.0. The predicted octanol–water partition coefficient (Wildman–Crippen LogP) is 4.44. The van der Waals surface area contributed by atoms with E-state index in [0.29, 0.717) is 23.7 Å². The van der Waals surface area contributed by atoms with Crippen molar-refractivity contribution < 1.29 is 27.4 Å². The number of ether oxygens (including phenoxy) is 2. The predicted molar refractivity (Wildman–Crippen MR) is 119 cm³/mol. The number of carbonyl (C=O) groups excluding carboxylic acids is 1. The molecule has 0 bridgehead atoms.